The van der Waals surface area contributed by atoms with Gasteiger partial charge in [-0.2, -0.15) is 0 Å². The molecule has 1 saturated heterocycles. The molecule has 1 aliphatic carbocycles. The maximum atomic E-state index is 13.6. The van der Waals surface area contributed by atoms with E-state index in [1.165, 1.54) is 18.6 Å². The molecule has 1 N–H and O–H groups in total. The second-order valence-electron chi connectivity index (χ2n) is 7.77. The van der Waals surface area contributed by atoms with Crippen LogP contribution in [0.25, 0.3) is 10.8 Å². The van der Waals surface area contributed by atoms with Gasteiger partial charge in [-0.3, -0.25) is 4.79 Å². The van der Waals surface area contributed by atoms with E-state index in [2.05, 4.69) is 16.3 Å². The Bertz CT molecular complexity index is 1050. The van der Waals surface area contributed by atoms with Crippen molar-refractivity contribution in [3.63, 3.8) is 0 Å². The topological polar surface area (TPSA) is 32.3 Å². The maximum absolute atomic E-state index is 13.6. The minimum absolute atomic E-state index is 0.273. The van der Waals surface area contributed by atoms with Crippen LogP contribution in [0, 0.1) is 24.6 Å². The summed E-state index contributed by atoms with van der Waals surface area (Å²) in [4.78, 5) is 14.4. The van der Waals surface area contributed by atoms with E-state index in [1.54, 1.807) is 6.07 Å². The van der Waals surface area contributed by atoms with E-state index in [0.29, 0.717) is 5.69 Å². The summed E-state index contributed by atoms with van der Waals surface area (Å²) in [6.45, 7) is 4.07. The molecule has 3 aromatic rings. The highest BCUT2D eigenvalue weighted by Crippen LogP contribution is 2.48. The predicted octanol–water partition coefficient (Wildman–Crippen LogP) is 5.30. The minimum Gasteiger partial charge on any atom is -0.370 e. The number of nitrogens with zero attached hydrogens (tertiary/aromatic N) is 1. The lowest BCUT2D eigenvalue weighted by Crippen LogP contribution is -2.23. The number of anilines is 3. The number of halogens is 1. The van der Waals surface area contributed by atoms with Crippen molar-refractivity contribution in [2.75, 3.05) is 23.3 Å². The molecule has 2 atom stereocenters. The van der Waals surface area contributed by atoms with Gasteiger partial charge < -0.3 is 10.2 Å². The molecule has 0 bridgehead atoms. The zero-order valence-corrected chi connectivity index (χ0v) is 15.2. The lowest BCUT2D eigenvalue weighted by molar-refractivity contribution is 0.112. The number of hydrogen-bond donors (Lipinski definition) is 1. The molecule has 0 radical (unpaired) electrons. The number of aldehydes is 1. The number of nitrogens with one attached hydrogen (secondary N) is 1. The summed E-state index contributed by atoms with van der Waals surface area (Å²) in [6, 6.07) is 14.6. The standard InChI is InChI=1S/C23H21FN2O/c1-14-4-2-7-19-21(25-18-6-3-5-17(24)9-18)10-22(20(13-27)23(14)19)26-11-15-8-16(15)12-26/h2-7,9-10,13,15-16,25H,8,11-12H2,1H3. The molecule has 3 aromatic carbocycles. The first kappa shape index (κ1) is 16.3. The Morgan fingerprint density at radius 2 is 1.89 bits per heavy atom. The fourth-order valence-corrected chi connectivity index (χ4v) is 4.47. The largest absolute Gasteiger partial charge is 0.370 e. The Hall–Kier alpha value is -2.88. The van der Waals surface area contributed by atoms with Gasteiger partial charge in [-0.25, -0.2) is 4.39 Å². The van der Waals surface area contributed by atoms with E-state index in [9.17, 15) is 9.18 Å². The quantitative estimate of drug-likeness (QED) is 0.641. The normalized spacial score (nSPS) is 20.6. The lowest BCUT2D eigenvalue weighted by Gasteiger charge is -2.25. The van der Waals surface area contributed by atoms with Gasteiger partial charge in [0.05, 0.1) is 5.69 Å². The molecule has 1 aliphatic heterocycles. The van der Waals surface area contributed by atoms with E-state index in [1.807, 2.05) is 31.2 Å². The van der Waals surface area contributed by atoms with Crippen molar-refractivity contribution in [2.24, 2.45) is 11.8 Å². The van der Waals surface area contributed by atoms with Gasteiger partial charge in [0.25, 0.3) is 0 Å². The average Bonchev–Trinajstić information content (AvgIpc) is 3.27. The molecule has 2 aliphatic rings. The van der Waals surface area contributed by atoms with Gasteiger partial charge in [-0.15, -0.1) is 0 Å². The van der Waals surface area contributed by atoms with Gasteiger partial charge in [-0.1, -0.05) is 24.3 Å². The number of piperidine rings is 1. The Kier molecular flexibility index (Phi) is 3.67. The molecule has 4 heteroatoms. The summed E-state index contributed by atoms with van der Waals surface area (Å²) in [5.74, 6) is 1.28. The number of carbonyl (C=O) groups is 1. The smallest absolute Gasteiger partial charge is 0.152 e. The fraction of sp³-hybridized carbons (Fsp3) is 0.261. The molecule has 1 heterocycles. The van der Waals surface area contributed by atoms with Gasteiger partial charge in [0, 0.05) is 35.4 Å². The molecule has 136 valence electrons. The highest BCUT2D eigenvalue weighted by atomic mass is 19.1. The molecule has 0 spiro atoms. The highest BCUT2D eigenvalue weighted by Gasteiger charge is 2.45. The van der Waals surface area contributed by atoms with Crippen LogP contribution in [-0.4, -0.2) is 19.4 Å². The Morgan fingerprint density at radius 3 is 2.63 bits per heavy atom. The number of aryl methyl sites for hydroxylation is 1. The Balaban J connectivity index is 1.69. The molecule has 5 rings (SSSR count). The Labute approximate surface area is 157 Å². The average molecular weight is 360 g/mol. The summed E-state index contributed by atoms with van der Waals surface area (Å²) in [6.07, 6.45) is 2.30. The monoisotopic (exact) mass is 360 g/mol. The Morgan fingerprint density at radius 1 is 1.11 bits per heavy atom. The lowest BCUT2D eigenvalue weighted by atomic mass is 9.96. The summed E-state index contributed by atoms with van der Waals surface area (Å²) in [5, 5.41) is 5.33. The van der Waals surface area contributed by atoms with Gasteiger partial charge in [0.15, 0.2) is 6.29 Å². The summed E-state index contributed by atoms with van der Waals surface area (Å²) in [5.41, 5.74) is 4.42. The van der Waals surface area contributed by atoms with Gasteiger partial charge in [-0.05, 0) is 60.4 Å². The minimum atomic E-state index is -0.273. The van der Waals surface area contributed by atoms with E-state index >= 15 is 0 Å². The van der Waals surface area contributed by atoms with Crippen LogP contribution in [0.15, 0.2) is 48.5 Å². The molecular formula is C23H21FN2O. The molecule has 0 aromatic heterocycles. The van der Waals surface area contributed by atoms with E-state index in [0.717, 1.165) is 64.5 Å². The van der Waals surface area contributed by atoms with Crippen molar-refractivity contribution < 1.29 is 9.18 Å². The number of hydrogen-bond acceptors (Lipinski definition) is 3. The predicted molar refractivity (Wildman–Crippen MR) is 108 cm³/mol. The van der Waals surface area contributed by atoms with Crippen LogP contribution in [0.1, 0.15) is 22.3 Å². The van der Waals surface area contributed by atoms with Gasteiger partial charge in [0.2, 0.25) is 0 Å². The molecule has 2 fully saturated rings. The van der Waals surface area contributed by atoms with Gasteiger partial charge >= 0.3 is 0 Å². The molecule has 1 saturated carbocycles. The van der Waals surface area contributed by atoms with Crippen LogP contribution in [0.5, 0.6) is 0 Å². The number of carbonyl (C=O) groups excluding carboxylic acids is 1. The highest BCUT2D eigenvalue weighted by molar-refractivity contribution is 6.11. The van der Waals surface area contributed by atoms with Crippen molar-refractivity contribution in [1.82, 2.24) is 0 Å². The van der Waals surface area contributed by atoms with Crippen LogP contribution in [0.4, 0.5) is 21.5 Å². The molecule has 2 unspecified atom stereocenters. The van der Waals surface area contributed by atoms with Crippen molar-refractivity contribution in [1.29, 1.82) is 0 Å². The van der Waals surface area contributed by atoms with E-state index in [-0.39, 0.29) is 5.82 Å². The molecular weight excluding hydrogens is 339 g/mol. The number of benzene rings is 3. The van der Waals surface area contributed by atoms with Crippen LogP contribution in [0.3, 0.4) is 0 Å². The van der Waals surface area contributed by atoms with Crippen molar-refractivity contribution in [2.45, 2.75) is 13.3 Å². The van der Waals surface area contributed by atoms with Crippen LogP contribution >= 0.6 is 0 Å². The zero-order chi connectivity index (χ0) is 18.5. The maximum Gasteiger partial charge on any atom is 0.152 e. The molecule has 3 nitrogen and oxygen atoms in total. The molecule has 0 amide bonds. The third-order valence-corrected chi connectivity index (χ3v) is 5.93. The van der Waals surface area contributed by atoms with E-state index in [4.69, 9.17) is 0 Å². The summed E-state index contributed by atoms with van der Waals surface area (Å²) in [7, 11) is 0. The second-order valence-corrected chi connectivity index (χ2v) is 7.77. The number of fused-ring (bicyclic) bond motifs is 2. The summed E-state index contributed by atoms with van der Waals surface area (Å²) >= 11 is 0. The third kappa shape index (κ3) is 2.76. The SMILES string of the molecule is Cc1cccc2c(Nc3cccc(F)c3)cc(N3CC4CC4C3)c(C=O)c12. The van der Waals surface area contributed by atoms with Crippen LogP contribution in [0.2, 0.25) is 0 Å². The van der Waals surface area contributed by atoms with Crippen LogP contribution in [-0.2, 0) is 0 Å². The van der Waals surface area contributed by atoms with Crippen molar-refractivity contribution >= 4 is 34.1 Å². The fourth-order valence-electron chi connectivity index (χ4n) is 4.47. The van der Waals surface area contributed by atoms with Crippen molar-refractivity contribution in [3.8, 4) is 0 Å². The summed E-state index contributed by atoms with van der Waals surface area (Å²) < 4.78 is 13.6. The number of rotatable bonds is 4. The van der Waals surface area contributed by atoms with Crippen molar-refractivity contribution in [3.05, 3.63) is 65.5 Å². The zero-order valence-electron chi connectivity index (χ0n) is 15.2. The first-order valence-corrected chi connectivity index (χ1v) is 9.43. The third-order valence-electron chi connectivity index (χ3n) is 5.93. The second kappa shape index (κ2) is 6.08. The first-order chi connectivity index (χ1) is 13.1. The van der Waals surface area contributed by atoms with Gasteiger partial charge in [0.1, 0.15) is 5.82 Å². The van der Waals surface area contributed by atoms with Crippen LogP contribution < -0.4 is 10.2 Å². The van der Waals surface area contributed by atoms with E-state index < -0.39 is 0 Å². The first-order valence-electron chi connectivity index (χ1n) is 9.43. The molecule has 27 heavy (non-hydrogen) atoms.